The maximum Gasteiger partial charge on any atom is 0.273 e. The number of aromatic nitrogens is 1. The fraction of sp³-hybridized carbons (Fsp3) is 0.500. The molecule has 0 spiro atoms. The van der Waals surface area contributed by atoms with Gasteiger partial charge in [0.2, 0.25) is 0 Å². The molecule has 0 bridgehead atoms. The molecule has 0 radical (unpaired) electrons. The predicted molar refractivity (Wildman–Crippen MR) is 80.5 cm³/mol. The third-order valence-electron chi connectivity index (χ3n) is 3.67. The molecule has 1 aromatic heterocycles. The number of nitrogens with two attached hydrogens (primary N) is 1. The van der Waals surface area contributed by atoms with Gasteiger partial charge in [-0.25, -0.2) is 4.98 Å². The number of pyridine rings is 1. The van der Waals surface area contributed by atoms with Crippen molar-refractivity contribution in [1.29, 1.82) is 0 Å². The Bertz CT molecular complexity index is 548. The molecule has 1 atom stereocenters. The monoisotopic (exact) mass is 287 g/mol. The topological polar surface area (TPSA) is 79.5 Å². The molecule has 5 nitrogen and oxygen atoms in total. The highest BCUT2D eigenvalue weighted by Gasteiger charge is 2.30. The molecule has 1 amide bonds. The minimum atomic E-state index is -0.0719. The molecule has 1 aliphatic heterocycles. The maximum atomic E-state index is 12.7. The Morgan fingerprint density at radius 3 is 3.19 bits per heavy atom. The van der Waals surface area contributed by atoms with Crippen LogP contribution >= 0.6 is 0 Å². The maximum absolute atomic E-state index is 12.7. The molecule has 0 saturated carbocycles. The van der Waals surface area contributed by atoms with E-state index in [2.05, 4.69) is 16.8 Å². The summed E-state index contributed by atoms with van der Waals surface area (Å²) in [6.07, 6.45) is 5.15. The lowest BCUT2D eigenvalue weighted by atomic mass is 10.1. The Morgan fingerprint density at radius 2 is 2.43 bits per heavy atom. The Hall–Kier alpha value is -1.90. The summed E-state index contributed by atoms with van der Waals surface area (Å²) in [7, 11) is 0. The van der Waals surface area contributed by atoms with Gasteiger partial charge in [0, 0.05) is 25.4 Å². The third kappa shape index (κ3) is 3.81. The fourth-order valence-corrected chi connectivity index (χ4v) is 2.69. The lowest BCUT2D eigenvalue weighted by Crippen LogP contribution is -2.36. The molecular weight excluding hydrogens is 266 g/mol. The Balaban J connectivity index is 2.19. The first kappa shape index (κ1) is 15.5. The smallest absolute Gasteiger partial charge is 0.273 e. The summed E-state index contributed by atoms with van der Waals surface area (Å²) in [4.78, 5) is 18.8. The van der Waals surface area contributed by atoms with E-state index in [1.165, 1.54) is 0 Å². The van der Waals surface area contributed by atoms with Crippen LogP contribution < -0.4 is 5.73 Å². The zero-order valence-electron chi connectivity index (χ0n) is 12.1. The molecule has 1 aliphatic rings. The SMILES string of the molecule is NCC#Cc1cccnc1C(=O)N1CCCC1CCCO. The van der Waals surface area contributed by atoms with Crippen molar-refractivity contribution in [2.75, 3.05) is 19.7 Å². The zero-order chi connectivity index (χ0) is 15.1. The van der Waals surface area contributed by atoms with E-state index < -0.39 is 0 Å². The van der Waals surface area contributed by atoms with Gasteiger partial charge in [-0.3, -0.25) is 4.79 Å². The van der Waals surface area contributed by atoms with Crippen LogP contribution in [0.15, 0.2) is 18.3 Å². The van der Waals surface area contributed by atoms with Gasteiger partial charge in [0.05, 0.1) is 12.1 Å². The highest BCUT2D eigenvalue weighted by molar-refractivity contribution is 5.95. The van der Waals surface area contributed by atoms with Crippen LogP contribution in [0.5, 0.6) is 0 Å². The van der Waals surface area contributed by atoms with Crippen molar-refractivity contribution in [3.8, 4) is 11.8 Å². The van der Waals surface area contributed by atoms with Gasteiger partial charge in [0.1, 0.15) is 5.69 Å². The van der Waals surface area contributed by atoms with Gasteiger partial charge in [0.15, 0.2) is 0 Å². The molecule has 112 valence electrons. The van der Waals surface area contributed by atoms with E-state index in [1.54, 1.807) is 18.3 Å². The minimum Gasteiger partial charge on any atom is -0.396 e. The van der Waals surface area contributed by atoms with Gasteiger partial charge >= 0.3 is 0 Å². The molecule has 0 aromatic carbocycles. The van der Waals surface area contributed by atoms with Crippen molar-refractivity contribution in [1.82, 2.24) is 9.88 Å². The standard InChI is InChI=1S/C16H21N3O2/c17-9-1-5-13-6-2-10-18-15(13)16(21)19-11-3-7-14(19)8-4-12-20/h2,6,10,14,20H,3-4,7-9,11-12,17H2. The molecule has 1 saturated heterocycles. The minimum absolute atomic E-state index is 0.0719. The van der Waals surface area contributed by atoms with Crippen molar-refractivity contribution in [3.63, 3.8) is 0 Å². The van der Waals surface area contributed by atoms with Gasteiger partial charge in [-0.2, -0.15) is 0 Å². The van der Waals surface area contributed by atoms with Crippen molar-refractivity contribution in [2.24, 2.45) is 5.73 Å². The number of hydrogen-bond donors (Lipinski definition) is 2. The number of carbonyl (C=O) groups is 1. The van der Waals surface area contributed by atoms with Gasteiger partial charge in [-0.1, -0.05) is 11.8 Å². The summed E-state index contributed by atoms with van der Waals surface area (Å²) in [5.74, 6) is 5.61. The fourth-order valence-electron chi connectivity index (χ4n) is 2.69. The van der Waals surface area contributed by atoms with Crippen LogP contribution in [0.2, 0.25) is 0 Å². The van der Waals surface area contributed by atoms with Gasteiger partial charge in [0.25, 0.3) is 5.91 Å². The van der Waals surface area contributed by atoms with Crippen LogP contribution in [0.4, 0.5) is 0 Å². The van der Waals surface area contributed by atoms with Crippen molar-refractivity contribution >= 4 is 5.91 Å². The summed E-state index contributed by atoms with van der Waals surface area (Å²) in [6, 6.07) is 3.76. The van der Waals surface area contributed by atoms with Crippen LogP contribution in [0.25, 0.3) is 0 Å². The van der Waals surface area contributed by atoms with Gasteiger partial charge in [-0.15, -0.1) is 0 Å². The average Bonchev–Trinajstić information content (AvgIpc) is 2.99. The van der Waals surface area contributed by atoms with Crippen LogP contribution in [0.1, 0.15) is 41.7 Å². The normalized spacial score (nSPS) is 17.4. The number of aliphatic hydroxyl groups excluding tert-OH is 1. The molecule has 3 N–H and O–H groups in total. The first-order valence-corrected chi connectivity index (χ1v) is 7.33. The second-order valence-corrected chi connectivity index (χ2v) is 5.07. The molecule has 1 unspecified atom stereocenters. The molecule has 1 aromatic rings. The highest BCUT2D eigenvalue weighted by atomic mass is 16.3. The highest BCUT2D eigenvalue weighted by Crippen LogP contribution is 2.23. The largest absolute Gasteiger partial charge is 0.396 e. The van der Waals surface area contributed by atoms with Crippen LogP contribution in [-0.2, 0) is 0 Å². The molecule has 1 fully saturated rings. The number of aliphatic hydroxyl groups is 1. The first-order valence-electron chi connectivity index (χ1n) is 7.33. The van der Waals surface area contributed by atoms with E-state index in [-0.39, 0.29) is 25.1 Å². The van der Waals surface area contributed by atoms with E-state index in [4.69, 9.17) is 10.8 Å². The summed E-state index contributed by atoms with van der Waals surface area (Å²) < 4.78 is 0. The lowest BCUT2D eigenvalue weighted by molar-refractivity contribution is 0.0718. The molecule has 5 heteroatoms. The number of hydrogen-bond acceptors (Lipinski definition) is 4. The molecule has 21 heavy (non-hydrogen) atoms. The summed E-state index contributed by atoms with van der Waals surface area (Å²) in [5, 5.41) is 8.96. The number of carbonyl (C=O) groups excluding carboxylic acids is 1. The number of rotatable bonds is 4. The van der Waals surface area contributed by atoms with E-state index in [9.17, 15) is 4.79 Å². The molecular formula is C16H21N3O2. The van der Waals surface area contributed by atoms with E-state index in [0.717, 1.165) is 32.2 Å². The van der Waals surface area contributed by atoms with Crippen LogP contribution in [0.3, 0.4) is 0 Å². The molecule has 2 heterocycles. The number of nitrogens with zero attached hydrogens (tertiary/aromatic N) is 2. The Labute approximate surface area is 125 Å². The zero-order valence-corrected chi connectivity index (χ0v) is 12.1. The van der Waals surface area contributed by atoms with E-state index in [1.807, 2.05) is 4.90 Å². The third-order valence-corrected chi connectivity index (χ3v) is 3.67. The molecule has 0 aliphatic carbocycles. The van der Waals surface area contributed by atoms with Gasteiger partial charge < -0.3 is 15.7 Å². The first-order chi connectivity index (χ1) is 10.3. The second-order valence-electron chi connectivity index (χ2n) is 5.07. The van der Waals surface area contributed by atoms with Crippen molar-refractivity contribution < 1.29 is 9.90 Å². The second kappa shape index (κ2) is 7.77. The Kier molecular flexibility index (Phi) is 5.73. The summed E-state index contributed by atoms with van der Waals surface area (Å²) >= 11 is 0. The predicted octanol–water partition coefficient (Wildman–Crippen LogP) is 0.769. The lowest BCUT2D eigenvalue weighted by Gasteiger charge is -2.24. The summed E-state index contributed by atoms with van der Waals surface area (Å²) in [6.45, 7) is 1.16. The van der Waals surface area contributed by atoms with E-state index in [0.29, 0.717) is 11.3 Å². The average molecular weight is 287 g/mol. The van der Waals surface area contributed by atoms with Crippen molar-refractivity contribution in [3.05, 3.63) is 29.6 Å². The summed E-state index contributed by atoms with van der Waals surface area (Å²) in [5.41, 5.74) is 6.41. The number of amides is 1. The Morgan fingerprint density at radius 1 is 1.57 bits per heavy atom. The van der Waals surface area contributed by atoms with Crippen molar-refractivity contribution in [2.45, 2.75) is 31.7 Å². The molecule has 2 rings (SSSR count). The van der Waals surface area contributed by atoms with Gasteiger partial charge in [-0.05, 0) is 37.8 Å². The quantitative estimate of drug-likeness (QED) is 0.802. The van der Waals surface area contributed by atoms with E-state index >= 15 is 0 Å². The van der Waals surface area contributed by atoms with Crippen LogP contribution in [-0.4, -0.2) is 46.6 Å². The van der Waals surface area contributed by atoms with Crippen LogP contribution in [0, 0.1) is 11.8 Å². The number of likely N-dealkylation sites (tertiary alicyclic amines) is 1.